The summed E-state index contributed by atoms with van der Waals surface area (Å²) in [6.45, 7) is 6.17. The number of carbonyl (C=O) groups is 1. The lowest BCUT2D eigenvalue weighted by molar-refractivity contribution is -0.131. The van der Waals surface area contributed by atoms with Crippen LogP contribution in [-0.2, 0) is 4.79 Å². The third-order valence-electron chi connectivity index (χ3n) is 4.40. The summed E-state index contributed by atoms with van der Waals surface area (Å²) >= 11 is 0. The first-order valence-electron chi connectivity index (χ1n) is 8.33. The Morgan fingerprint density at radius 3 is 2.41 bits per heavy atom. The summed E-state index contributed by atoms with van der Waals surface area (Å²) in [5.74, 6) is 0.384. The van der Waals surface area contributed by atoms with Crippen molar-refractivity contribution in [3.8, 4) is 0 Å². The number of nitrogens with one attached hydrogen (secondary N) is 1. The van der Waals surface area contributed by atoms with Crippen LogP contribution in [0.3, 0.4) is 0 Å². The number of aliphatic hydroxyl groups is 1. The second kappa shape index (κ2) is 8.30. The Hall–Kier alpha value is -1.39. The third kappa shape index (κ3) is 4.55. The summed E-state index contributed by atoms with van der Waals surface area (Å²) in [5, 5.41) is 13.9. The van der Waals surface area contributed by atoms with Gasteiger partial charge in [0, 0.05) is 19.1 Å². The number of nitrogens with zero attached hydrogens (tertiary/aromatic N) is 1. The van der Waals surface area contributed by atoms with Crippen LogP contribution in [0, 0.1) is 5.92 Å². The zero-order valence-electron chi connectivity index (χ0n) is 13.7. The van der Waals surface area contributed by atoms with Crippen molar-refractivity contribution in [3.05, 3.63) is 35.9 Å². The van der Waals surface area contributed by atoms with Crippen molar-refractivity contribution in [3.63, 3.8) is 0 Å². The van der Waals surface area contributed by atoms with Gasteiger partial charge in [-0.15, -0.1) is 0 Å². The first-order chi connectivity index (χ1) is 10.6. The van der Waals surface area contributed by atoms with E-state index in [4.69, 9.17) is 0 Å². The smallest absolute Gasteiger partial charge is 0.236 e. The van der Waals surface area contributed by atoms with Crippen LogP contribution < -0.4 is 5.32 Å². The monoisotopic (exact) mass is 304 g/mol. The van der Waals surface area contributed by atoms with Crippen LogP contribution in [0.4, 0.5) is 0 Å². The van der Waals surface area contributed by atoms with E-state index in [9.17, 15) is 9.90 Å². The first-order valence-corrected chi connectivity index (χ1v) is 8.33. The molecule has 1 saturated heterocycles. The highest BCUT2D eigenvalue weighted by Crippen LogP contribution is 2.21. The number of likely N-dealkylation sites (tertiary alicyclic amines) is 1. The van der Waals surface area contributed by atoms with E-state index in [1.54, 1.807) is 0 Å². The number of piperidine rings is 1. The molecule has 1 aliphatic rings. The van der Waals surface area contributed by atoms with E-state index < -0.39 is 6.10 Å². The van der Waals surface area contributed by atoms with Crippen molar-refractivity contribution in [2.45, 2.75) is 45.3 Å². The summed E-state index contributed by atoms with van der Waals surface area (Å²) in [6, 6.07) is 9.51. The predicted octanol–water partition coefficient (Wildman–Crippen LogP) is 2.35. The molecule has 2 rings (SSSR count). The molecule has 0 aromatic heterocycles. The minimum Gasteiger partial charge on any atom is -0.387 e. The van der Waals surface area contributed by atoms with Gasteiger partial charge in [0.1, 0.15) is 0 Å². The van der Waals surface area contributed by atoms with Crippen molar-refractivity contribution in [1.82, 2.24) is 10.2 Å². The molecule has 122 valence electrons. The molecule has 1 amide bonds. The van der Waals surface area contributed by atoms with Gasteiger partial charge in [-0.25, -0.2) is 0 Å². The molecule has 1 aromatic rings. The quantitative estimate of drug-likeness (QED) is 0.848. The summed E-state index contributed by atoms with van der Waals surface area (Å²) in [7, 11) is 0. The van der Waals surface area contributed by atoms with Crippen molar-refractivity contribution in [1.29, 1.82) is 0 Å². The fourth-order valence-electron chi connectivity index (χ4n) is 3.03. The van der Waals surface area contributed by atoms with Gasteiger partial charge in [0.25, 0.3) is 0 Å². The fourth-order valence-corrected chi connectivity index (χ4v) is 3.03. The molecule has 1 heterocycles. The lowest BCUT2D eigenvalue weighted by atomic mass is 9.93. The van der Waals surface area contributed by atoms with Gasteiger partial charge < -0.3 is 15.3 Å². The van der Waals surface area contributed by atoms with E-state index in [0.29, 0.717) is 6.54 Å². The topological polar surface area (TPSA) is 52.6 Å². The molecule has 0 spiro atoms. The van der Waals surface area contributed by atoms with E-state index in [2.05, 4.69) is 19.2 Å². The van der Waals surface area contributed by atoms with Gasteiger partial charge in [0.15, 0.2) is 0 Å². The molecule has 0 bridgehead atoms. The van der Waals surface area contributed by atoms with Gasteiger partial charge in [0.05, 0.1) is 12.6 Å². The minimum absolute atomic E-state index is 0.129. The average molecular weight is 304 g/mol. The van der Waals surface area contributed by atoms with Crippen LogP contribution in [0.5, 0.6) is 0 Å². The lowest BCUT2D eigenvalue weighted by Gasteiger charge is -2.31. The Kier molecular flexibility index (Phi) is 6.40. The summed E-state index contributed by atoms with van der Waals surface area (Å²) in [4.78, 5) is 14.2. The Morgan fingerprint density at radius 1 is 1.18 bits per heavy atom. The number of aliphatic hydroxyl groups excluding tert-OH is 1. The zero-order valence-corrected chi connectivity index (χ0v) is 13.7. The maximum atomic E-state index is 12.3. The Bertz CT molecular complexity index is 455. The number of rotatable bonds is 6. The van der Waals surface area contributed by atoms with Crippen molar-refractivity contribution in [2.75, 3.05) is 19.6 Å². The maximum Gasteiger partial charge on any atom is 0.236 e. The SMILES string of the molecule is CC(C)[C@@H](NCC(=O)N1CCCCC1)[C@@H](O)c1ccccc1. The molecule has 4 nitrogen and oxygen atoms in total. The Labute approximate surface area is 133 Å². The number of hydrogen-bond donors (Lipinski definition) is 2. The predicted molar refractivity (Wildman–Crippen MR) is 88.5 cm³/mol. The number of amides is 1. The van der Waals surface area contributed by atoms with Gasteiger partial charge in [-0.3, -0.25) is 4.79 Å². The van der Waals surface area contributed by atoms with Gasteiger partial charge in [-0.05, 0) is 30.7 Å². The molecular formula is C18H28N2O2. The highest BCUT2D eigenvalue weighted by atomic mass is 16.3. The summed E-state index contributed by atoms with van der Waals surface area (Å²) < 4.78 is 0. The van der Waals surface area contributed by atoms with Gasteiger partial charge >= 0.3 is 0 Å². The molecule has 0 saturated carbocycles. The summed E-state index contributed by atoms with van der Waals surface area (Å²) in [5.41, 5.74) is 0.888. The highest BCUT2D eigenvalue weighted by molar-refractivity contribution is 5.78. The second-order valence-corrected chi connectivity index (χ2v) is 6.45. The third-order valence-corrected chi connectivity index (χ3v) is 4.40. The fraction of sp³-hybridized carbons (Fsp3) is 0.611. The molecule has 1 fully saturated rings. The average Bonchev–Trinajstić information content (AvgIpc) is 2.56. The molecule has 1 aromatic carbocycles. The van der Waals surface area contributed by atoms with Crippen LogP contribution in [0.1, 0.15) is 44.8 Å². The second-order valence-electron chi connectivity index (χ2n) is 6.45. The molecule has 1 aliphatic heterocycles. The molecule has 2 atom stereocenters. The molecule has 22 heavy (non-hydrogen) atoms. The molecular weight excluding hydrogens is 276 g/mol. The number of hydrogen-bond acceptors (Lipinski definition) is 3. The highest BCUT2D eigenvalue weighted by Gasteiger charge is 2.25. The number of benzene rings is 1. The van der Waals surface area contributed by atoms with E-state index in [1.807, 2.05) is 35.2 Å². The first kappa shape index (κ1) is 17.0. The van der Waals surface area contributed by atoms with Crippen LogP contribution in [0.15, 0.2) is 30.3 Å². The van der Waals surface area contributed by atoms with Crippen molar-refractivity contribution < 1.29 is 9.90 Å². The Balaban J connectivity index is 1.92. The van der Waals surface area contributed by atoms with Crippen LogP contribution in [0.2, 0.25) is 0 Å². The molecule has 4 heteroatoms. The van der Waals surface area contributed by atoms with E-state index in [0.717, 1.165) is 31.5 Å². The lowest BCUT2D eigenvalue weighted by Crippen LogP contribution is -2.47. The van der Waals surface area contributed by atoms with E-state index in [1.165, 1.54) is 6.42 Å². The van der Waals surface area contributed by atoms with Crippen molar-refractivity contribution >= 4 is 5.91 Å². The van der Waals surface area contributed by atoms with Gasteiger partial charge in [0.2, 0.25) is 5.91 Å². The number of carbonyl (C=O) groups excluding carboxylic acids is 1. The van der Waals surface area contributed by atoms with E-state index in [-0.39, 0.29) is 17.9 Å². The minimum atomic E-state index is -0.602. The van der Waals surface area contributed by atoms with Crippen LogP contribution in [0.25, 0.3) is 0 Å². The summed E-state index contributed by atoms with van der Waals surface area (Å²) in [6.07, 6.45) is 2.83. The van der Waals surface area contributed by atoms with E-state index >= 15 is 0 Å². The van der Waals surface area contributed by atoms with Crippen LogP contribution >= 0.6 is 0 Å². The zero-order chi connectivity index (χ0) is 15.9. The molecule has 2 N–H and O–H groups in total. The van der Waals surface area contributed by atoms with Gasteiger partial charge in [-0.2, -0.15) is 0 Å². The van der Waals surface area contributed by atoms with Crippen molar-refractivity contribution in [2.24, 2.45) is 5.92 Å². The molecule has 0 radical (unpaired) electrons. The standard InChI is InChI=1S/C18H28N2O2/c1-14(2)17(18(22)15-9-5-3-6-10-15)19-13-16(21)20-11-7-4-8-12-20/h3,5-6,9-10,14,17-19,22H,4,7-8,11-13H2,1-2H3/t17-,18+/m1/s1. The normalized spacial score (nSPS) is 18.3. The van der Waals surface area contributed by atoms with Crippen LogP contribution in [-0.4, -0.2) is 41.6 Å². The maximum absolute atomic E-state index is 12.3. The van der Waals surface area contributed by atoms with Gasteiger partial charge in [-0.1, -0.05) is 44.2 Å². The molecule has 0 unspecified atom stereocenters. The largest absolute Gasteiger partial charge is 0.387 e. The molecule has 0 aliphatic carbocycles. The Morgan fingerprint density at radius 2 is 1.82 bits per heavy atom.